The number of halogens is 1. The van der Waals surface area contributed by atoms with Crippen LogP contribution in [0.3, 0.4) is 0 Å². The fourth-order valence-corrected chi connectivity index (χ4v) is 2.52. The minimum Gasteiger partial charge on any atom is -0.352 e. The first-order valence-electron chi connectivity index (χ1n) is 7.08. The van der Waals surface area contributed by atoms with Crippen LogP contribution in [0.25, 0.3) is 0 Å². The van der Waals surface area contributed by atoms with Crippen molar-refractivity contribution in [3.63, 3.8) is 0 Å². The van der Waals surface area contributed by atoms with E-state index in [4.69, 9.17) is 0 Å². The number of benzene rings is 1. The molecule has 1 aliphatic heterocycles. The second-order valence-electron chi connectivity index (χ2n) is 5.27. The summed E-state index contributed by atoms with van der Waals surface area (Å²) >= 11 is 0. The molecule has 1 aliphatic rings. The number of likely N-dealkylation sites (N-methyl/N-ethyl adjacent to an activating group) is 1. The zero-order valence-electron chi connectivity index (χ0n) is 11.9. The topological polar surface area (TPSA) is 44.4 Å². The number of hydrogen-bond acceptors (Lipinski definition) is 3. The lowest BCUT2D eigenvalue weighted by molar-refractivity contribution is -0.121. The summed E-state index contributed by atoms with van der Waals surface area (Å²) in [6, 6.07) is 6.94. The van der Waals surface area contributed by atoms with Crippen molar-refractivity contribution in [1.82, 2.24) is 15.5 Å². The number of rotatable bonds is 5. The third kappa shape index (κ3) is 4.58. The van der Waals surface area contributed by atoms with E-state index in [-0.39, 0.29) is 17.8 Å². The zero-order valence-corrected chi connectivity index (χ0v) is 11.9. The first-order chi connectivity index (χ1) is 9.67. The normalized spacial score (nSPS) is 17.1. The summed E-state index contributed by atoms with van der Waals surface area (Å²) in [4.78, 5) is 13.8. The lowest BCUT2D eigenvalue weighted by atomic mass is 10.0. The zero-order chi connectivity index (χ0) is 14.4. The van der Waals surface area contributed by atoms with Crippen molar-refractivity contribution in [3.05, 3.63) is 35.6 Å². The van der Waals surface area contributed by atoms with Gasteiger partial charge in [-0.05, 0) is 37.6 Å². The summed E-state index contributed by atoms with van der Waals surface area (Å²) in [5.74, 6) is -0.135. The van der Waals surface area contributed by atoms with E-state index in [0.717, 1.165) is 38.0 Å². The highest BCUT2D eigenvalue weighted by atomic mass is 19.1. The number of piperidine rings is 1. The second-order valence-corrected chi connectivity index (χ2v) is 5.27. The Balaban J connectivity index is 1.74. The summed E-state index contributed by atoms with van der Waals surface area (Å²) in [6.45, 7) is 3.14. The molecule has 0 spiro atoms. The highest BCUT2D eigenvalue weighted by Crippen LogP contribution is 2.14. The van der Waals surface area contributed by atoms with Gasteiger partial charge in [-0.1, -0.05) is 12.1 Å². The molecular formula is C15H22FN3O. The first kappa shape index (κ1) is 14.9. The molecule has 5 heteroatoms. The molecule has 4 nitrogen and oxygen atoms in total. The average Bonchev–Trinajstić information content (AvgIpc) is 2.44. The van der Waals surface area contributed by atoms with Gasteiger partial charge in [-0.2, -0.15) is 0 Å². The molecule has 20 heavy (non-hydrogen) atoms. The van der Waals surface area contributed by atoms with Gasteiger partial charge in [0.1, 0.15) is 5.82 Å². The van der Waals surface area contributed by atoms with Crippen LogP contribution >= 0.6 is 0 Å². The van der Waals surface area contributed by atoms with E-state index in [1.54, 1.807) is 7.05 Å². The molecule has 2 rings (SSSR count). The van der Waals surface area contributed by atoms with E-state index < -0.39 is 0 Å². The average molecular weight is 279 g/mol. The summed E-state index contributed by atoms with van der Waals surface area (Å²) in [6.07, 6.45) is 1.94. The molecule has 0 unspecified atom stereocenters. The number of hydrogen-bond donors (Lipinski definition) is 2. The van der Waals surface area contributed by atoms with Gasteiger partial charge in [-0.3, -0.25) is 9.69 Å². The Kier molecular flexibility index (Phi) is 5.49. The Hall–Kier alpha value is -1.46. The highest BCUT2D eigenvalue weighted by molar-refractivity contribution is 5.78. The Labute approximate surface area is 119 Å². The van der Waals surface area contributed by atoms with E-state index >= 15 is 0 Å². The smallest absolute Gasteiger partial charge is 0.234 e. The van der Waals surface area contributed by atoms with E-state index in [0.29, 0.717) is 6.54 Å². The van der Waals surface area contributed by atoms with Gasteiger partial charge in [0.15, 0.2) is 0 Å². The molecule has 0 radical (unpaired) electrons. The predicted octanol–water partition coefficient (Wildman–Crippen LogP) is 1.13. The molecule has 0 atom stereocenters. The lowest BCUT2D eigenvalue weighted by Gasteiger charge is -2.32. The van der Waals surface area contributed by atoms with Gasteiger partial charge in [-0.15, -0.1) is 0 Å². The van der Waals surface area contributed by atoms with Gasteiger partial charge in [0.25, 0.3) is 0 Å². The molecule has 0 aliphatic carbocycles. The van der Waals surface area contributed by atoms with Crippen molar-refractivity contribution in [2.24, 2.45) is 0 Å². The molecule has 110 valence electrons. The number of nitrogens with zero attached hydrogens (tertiary/aromatic N) is 1. The Morgan fingerprint density at radius 3 is 2.55 bits per heavy atom. The molecule has 1 aromatic rings. The van der Waals surface area contributed by atoms with Gasteiger partial charge < -0.3 is 10.6 Å². The van der Waals surface area contributed by atoms with Crippen LogP contribution in [-0.2, 0) is 11.3 Å². The maximum atomic E-state index is 12.8. The molecule has 0 saturated carbocycles. The van der Waals surface area contributed by atoms with Crippen molar-refractivity contribution in [2.75, 3.05) is 26.7 Å². The number of amides is 1. The fraction of sp³-hybridized carbons (Fsp3) is 0.533. The SMILES string of the molecule is CNCC(=O)NC1CCN(Cc2ccc(F)cc2)CC1. The quantitative estimate of drug-likeness (QED) is 0.849. The molecule has 1 amide bonds. The van der Waals surface area contributed by atoms with Gasteiger partial charge in [-0.25, -0.2) is 4.39 Å². The van der Waals surface area contributed by atoms with Crippen LogP contribution in [0.1, 0.15) is 18.4 Å². The minimum atomic E-state index is -0.195. The van der Waals surface area contributed by atoms with Crippen molar-refractivity contribution >= 4 is 5.91 Å². The lowest BCUT2D eigenvalue weighted by Crippen LogP contribution is -2.46. The van der Waals surface area contributed by atoms with Crippen LogP contribution in [0.5, 0.6) is 0 Å². The Morgan fingerprint density at radius 2 is 1.95 bits per heavy atom. The molecule has 1 saturated heterocycles. The highest BCUT2D eigenvalue weighted by Gasteiger charge is 2.20. The largest absolute Gasteiger partial charge is 0.352 e. The van der Waals surface area contributed by atoms with E-state index in [2.05, 4.69) is 15.5 Å². The maximum absolute atomic E-state index is 12.8. The van der Waals surface area contributed by atoms with Crippen molar-refractivity contribution in [3.8, 4) is 0 Å². The summed E-state index contributed by atoms with van der Waals surface area (Å²) in [5, 5.41) is 5.88. The molecule has 2 N–H and O–H groups in total. The van der Waals surface area contributed by atoms with Crippen molar-refractivity contribution in [1.29, 1.82) is 0 Å². The third-order valence-electron chi connectivity index (χ3n) is 3.61. The second kappa shape index (κ2) is 7.36. The van der Waals surface area contributed by atoms with Crippen LogP contribution in [0.2, 0.25) is 0 Å². The van der Waals surface area contributed by atoms with Gasteiger partial charge >= 0.3 is 0 Å². The van der Waals surface area contributed by atoms with Crippen molar-refractivity contribution in [2.45, 2.75) is 25.4 Å². The van der Waals surface area contributed by atoms with Gasteiger partial charge in [0, 0.05) is 25.7 Å². The van der Waals surface area contributed by atoms with E-state index in [9.17, 15) is 9.18 Å². The minimum absolute atomic E-state index is 0.0597. The predicted molar refractivity (Wildman–Crippen MR) is 76.8 cm³/mol. The van der Waals surface area contributed by atoms with E-state index in [1.165, 1.54) is 12.1 Å². The third-order valence-corrected chi connectivity index (χ3v) is 3.61. The Bertz CT molecular complexity index is 427. The molecule has 1 aromatic carbocycles. The van der Waals surface area contributed by atoms with Crippen LogP contribution in [0, 0.1) is 5.82 Å². The van der Waals surface area contributed by atoms with Crippen LogP contribution in [-0.4, -0.2) is 43.5 Å². The Morgan fingerprint density at radius 1 is 1.30 bits per heavy atom. The van der Waals surface area contributed by atoms with Crippen LogP contribution < -0.4 is 10.6 Å². The molecular weight excluding hydrogens is 257 g/mol. The number of carbonyl (C=O) groups is 1. The first-order valence-corrected chi connectivity index (χ1v) is 7.08. The van der Waals surface area contributed by atoms with Crippen LogP contribution in [0.4, 0.5) is 4.39 Å². The number of nitrogens with one attached hydrogen (secondary N) is 2. The molecule has 0 bridgehead atoms. The van der Waals surface area contributed by atoms with Gasteiger partial charge in [0.05, 0.1) is 6.54 Å². The molecule has 0 aromatic heterocycles. The standard InChI is InChI=1S/C15H22FN3O/c1-17-10-15(20)18-14-6-8-19(9-7-14)11-12-2-4-13(16)5-3-12/h2-5,14,17H,6-11H2,1H3,(H,18,20). The summed E-state index contributed by atoms with van der Waals surface area (Å²) in [5.41, 5.74) is 1.13. The summed E-state index contributed by atoms with van der Waals surface area (Å²) < 4.78 is 12.8. The number of carbonyl (C=O) groups excluding carboxylic acids is 1. The molecule has 1 fully saturated rings. The van der Waals surface area contributed by atoms with Crippen molar-refractivity contribution < 1.29 is 9.18 Å². The van der Waals surface area contributed by atoms with E-state index in [1.807, 2.05) is 12.1 Å². The van der Waals surface area contributed by atoms with Crippen LogP contribution in [0.15, 0.2) is 24.3 Å². The number of likely N-dealkylation sites (tertiary alicyclic amines) is 1. The van der Waals surface area contributed by atoms with Gasteiger partial charge in [0.2, 0.25) is 5.91 Å². The fourth-order valence-electron chi connectivity index (χ4n) is 2.52. The maximum Gasteiger partial charge on any atom is 0.234 e. The monoisotopic (exact) mass is 279 g/mol. The summed E-state index contributed by atoms with van der Waals surface area (Å²) in [7, 11) is 1.77. The molecule has 1 heterocycles.